The van der Waals surface area contributed by atoms with E-state index in [0.29, 0.717) is 17.7 Å². The number of aromatic nitrogens is 1. The number of hydrogen-bond donors (Lipinski definition) is 1. The predicted molar refractivity (Wildman–Crippen MR) is 106 cm³/mol. The third-order valence-corrected chi connectivity index (χ3v) is 5.19. The minimum atomic E-state index is -4.52. The van der Waals surface area contributed by atoms with Crippen molar-refractivity contribution < 1.29 is 34.9 Å². The first-order chi connectivity index (χ1) is 13.5. The minimum absolute atomic E-state index is 0.0221. The molecule has 1 heterocycles. The van der Waals surface area contributed by atoms with Crippen molar-refractivity contribution in [2.24, 2.45) is 16.1 Å². The van der Waals surface area contributed by atoms with Crippen LogP contribution in [0, 0.1) is 5.41 Å². The zero-order chi connectivity index (χ0) is 21.8. The van der Waals surface area contributed by atoms with Gasteiger partial charge in [-0.05, 0) is 0 Å². The summed E-state index contributed by atoms with van der Waals surface area (Å²) in [6.07, 6.45) is 3.80. The van der Waals surface area contributed by atoms with Gasteiger partial charge in [0.05, 0.1) is 0 Å². The van der Waals surface area contributed by atoms with Crippen molar-refractivity contribution in [1.82, 2.24) is 4.98 Å². The summed E-state index contributed by atoms with van der Waals surface area (Å²) in [5, 5.41) is 0. The van der Waals surface area contributed by atoms with Crippen LogP contribution in [0.5, 0.6) is 0 Å². The fourth-order valence-corrected chi connectivity index (χ4v) is 2.93. The van der Waals surface area contributed by atoms with E-state index < -0.39 is 11.7 Å². The van der Waals surface area contributed by atoms with Crippen LogP contribution in [0.2, 0.25) is 0 Å². The number of nitrogens with two attached hydrogens (primary N) is 1. The summed E-state index contributed by atoms with van der Waals surface area (Å²) in [6.45, 7) is 9.66. The molecule has 2 rings (SSSR count). The number of allylic oxidation sites excluding steroid dienone is 4. The van der Waals surface area contributed by atoms with Crippen LogP contribution >= 0.6 is 0 Å². The molecule has 155 valence electrons. The van der Waals surface area contributed by atoms with Crippen molar-refractivity contribution in [3.63, 3.8) is 0 Å². The van der Waals surface area contributed by atoms with Crippen LogP contribution in [0.25, 0.3) is 5.57 Å². The topological polar surface area (TPSA) is 60.5 Å². The number of rotatable bonds is 8. The molecule has 1 aliphatic rings. The van der Waals surface area contributed by atoms with Crippen molar-refractivity contribution in [3.8, 4) is 0 Å². The molecule has 1 fully saturated rings. The van der Waals surface area contributed by atoms with E-state index in [2.05, 4.69) is 40.5 Å². The van der Waals surface area contributed by atoms with Gasteiger partial charge in [-0.25, -0.2) is 0 Å². The zero-order valence-corrected chi connectivity index (χ0v) is 18.1. The quantitative estimate of drug-likeness (QED) is 0.448. The van der Waals surface area contributed by atoms with Crippen molar-refractivity contribution in [3.05, 3.63) is 59.4 Å². The fourth-order valence-electron chi connectivity index (χ4n) is 2.49. The Morgan fingerprint density at radius 1 is 1.45 bits per heavy atom. The average Bonchev–Trinajstić information content (AvgIpc) is 3.40. The number of alkyl halides is 3. The van der Waals surface area contributed by atoms with Crippen LogP contribution in [0.1, 0.15) is 56.9 Å². The van der Waals surface area contributed by atoms with E-state index in [4.69, 9.17) is 10.5 Å². The maximum atomic E-state index is 13.3. The summed E-state index contributed by atoms with van der Waals surface area (Å²) in [5.74, 6) is 0.154. The number of halogens is 3. The molecule has 8 heteroatoms. The number of hydrogen-bond acceptors (Lipinski definition) is 4. The molecule has 2 N–H and O–H groups in total. The van der Waals surface area contributed by atoms with Crippen LogP contribution in [0.4, 0.5) is 13.2 Å². The average molecular weight is 442 g/mol. The van der Waals surface area contributed by atoms with E-state index in [-0.39, 0.29) is 27.0 Å². The van der Waals surface area contributed by atoms with Crippen LogP contribution in [-0.4, -0.2) is 15.6 Å². The summed E-state index contributed by atoms with van der Waals surface area (Å²) in [6, 6.07) is 1.04. The maximum absolute atomic E-state index is 13.3. The first kappa shape index (κ1) is 23.2. The van der Waals surface area contributed by atoms with Gasteiger partial charge in [-0.2, -0.15) is 0 Å². The Labute approximate surface area is 177 Å². The fraction of sp³-hybridized carbons (Fsp3) is 0.381. The molecule has 0 aliphatic heterocycles. The summed E-state index contributed by atoms with van der Waals surface area (Å²) < 4.78 is 45.6. The molecule has 0 atom stereocenters. The first-order valence-electron chi connectivity index (χ1n) is 9.19. The van der Waals surface area contributed by atoms with E-state index in [1.807, 2.05) is 6.92 Å². The standard InChI is InChI=1S/C21H24F3N3O.V/c1-5-7-19(25)28-13-18-17(10-16(12-27-18)21(22,23)24)15(6-2)11-26-14(3)20(4)8-9-20;/h6-7,10-12H,3,5,8-9,25H2,1-2,4H3;/b15-6+,19-7+,26-11?;. The second kappa shape index (κ2) is 9.14. The van der Waals surface area contributed by atoms with E-state index in [0.717, 1.165) is 25.1 Å². The Kier molecular flexibility index (Phi) is 7.30. The molecule has 0 spiro atoms. The number of aliphatic imine (C=N–C) groups is 1. The van der Waals surface area contributed by atoms with Gasteiger partial charge in [-0.15, -0.1) is 0 Å². The van der Waals surface area contributed by atoms with Gasteiger partial charge in [-0.1, -0.05) is 0 Å². The van der Waals surface area contributed by atoms with Crippen molar-refractivity contribution in [2.45, 2.75) is 46.2 Å². The van der Waals surface area contributed by atoms with E-state index in [1.165, 1.54) is 6.21 Å². The molecule has 1 aromatic rings. The zero-order valence-electron chi connectivity index (χ0n) is 16.7. The number of ether oxygens (including phenoxy) is 1. The van der Waals surface area contributed by atoms with E-state index in [9.17, 15) is 13.2 Å². The third kappa shape index (κ3) is 5.93. The van der Waals surface area contributed by atoms with E-state index in [1.54, 1.807) is 19.1 Å². The first-order valence-corrected chi connectivity index (χ1v) is 9.88. The summed E-state index contributed by atoms with van der Waals surface area (Å²) >= 11 is 2.16. The predicted octanol–water partition coefficient (Wildman–Crippen LogP) is 5.14. The van der Waals surface area contributed by atoms with Crippen molar-refractivity contribution in [1.29, 1.82) is 0 Å². The molecular weight excluding hydrogens is 418 g/mol. The van der Waals surface area contributed by atoms with Crippen LogP contribution < -0.4 is 5.73 Å². The van der Waals surface area contributed by atoms with Crippen LogP contribution in [-0.2, 0) is 27.9 Å². The summed E-state index contributed by atoms with van der Waals surface area (Å²) in [7, 11) is 0. The number of nitrogens with zero attached hydrogens (tertiary/aromatic N) is 2. The molecule has 29 heavy (non-hydrogen) atoms. The Balaban J connectivity index is 2.46. The second-order valence-electron chi connectivity index (χ2n) is 7.05. The van der Waals surface area contributed by atoms with E-state index >= 15 is 0 Å². The Hall–Kier alpha value is -2.12. The van der Waals surface area contributed by atoms with Gasteiger partial charge in [0.1, 0.15) is 0 Å². The van der Waals surface area contributed by atoms with Gasteiger partial charge in [0, 0.05) is 0 Å². The molecular formula is C21H24F3N3OV. The molecule has 0 unspecified atom stereocenters. The van der Waals surface area contributed by atoms with Crippen molar-refractivity contribution >= 4 is 16.2 Å². The van der Waals surface area contributed by atoms with Gasteiger partial charge < -0.3 is 0 Å². The van der Waals surface area contributed by atoms with Gasteiger partial charge >= 0.3 is 178 Å². The Morgan fingerprint density at radius 3 is 2.62 bits per heavy atom. The van der Waals surface area contributed by atoms with Crippen molar-refractivity contribution in [2.75, 3.05) is 0 Å². The van der Waals surface area contributed by atoms with Crippen LogP contribution in [0.15, 0.2) is 47.6 Å². The molecule has 0 aromatic carbocycles. The van der Waals surface area contributed by atoms with Gasteiger partial charge in [0.2, 0.25) is 0 Å². The molecule has 0 radical (unpaired) electrons. The molecule has 1 aromatic heterocycles. The summed E-state index contributed by atoms with van der Waals surface area (Å²) in [4.78, 5) is 8.41. The molecule has 4 nitrogen and oxygen atoms in total. The Bertz CT molecular complexity index is 897. The Morgan fingerprint density at radius 2 is 2.10 bits per heavy atom. The SMILES string of the molecule is C=C(N=C/C(=C\C)c1cc(C(F)(F)F)cnc1[C](=[V])O/C(N)=C/CC)C1(C)CC1. The van der Waals surface area contributed by atoms with Gasteiger partial charge in [0.25, 0.3) is 0 Å². The monoisotopic (exact) mass is 442 g/mol. The summed E-state index contributed by atoms with van der Waals surface area (Å²) in [5.41, 5.74) is 6.59. The van der Waals surface area contributed by atoms with Gasteiger partial charge in [0.15, 0.2) is 0 Å². The molecule has 1 aliphatic carbocycles. The van der Waals surface area contributed by atoms with Crippen LogP contribution in [0.3, 0.4) is 0 Å². The van der Waals surface area contributed by atoms with Gasteiger partial charge in [-0.3, -0.25) is 0 Å². The number of pyridine rings is 1. The molecule has 0 bridgehead atoms. The second-order valence-corrected chi connectivity index (χ2v) is 7.68. The third-order valence-electron chi connectivity index (χ3n) is 4.72. The molecule has 0 amide bonds. The molecule has 0 saturated heterocycles. The normalized spacial score (nSPS) is 16.7. The molecule has 1 saturated carbocycles.